The van der Waals surface area contributed by atoms with Crippen molar-refractivity contribution >= 4 is 11.7 Å². The minimum absolute atomic E-state index is 0.0232. The van der Waals surface area contributed by atoms with Crippen LogP contribution in [-0.2, 0) is 24.2 Å². The molecule has 0 aliphatic rings. The van der Waals surface area contributed by atoms with Crippen molar-refractivity contribution in [3.8, 4) is 0 Å². The topological polar surface area (TPSA) is 46.2 Å². The average molecular weight is 361 g/mol. The molecule has 0 unspecified atom stereocenters. The fourth-order valence-corrected chi connectivity index (χ4v) is 2.87. The van der Waals surface area contributed by atoms with Gasteiger partial charge < -0.3 is 5.32 Å². The van der Waals surface area contributed by atoms with Crippen LogP contribution in [0.1, 0.15) is 27.0 Å². The van der Waals surface area contributed by atoms with Crippen molar-refractivity contribution in [3.05, 3.63) is 107 Å². The van der Waals surface area contributed by atoms with E-state index in [-0.39, 0.29) is 30.3 Å². The highest BCUT2D eigenvalue weighted by molar-refractivity contribution is 5.97. The number of carbonyl (C=O) groups excluding carboxylic acids is 2. The van der Waals surface area contributed by atoms with E-state index in [9.17, 15) is 14.0 Å². The number of ketones is 1. The zero-order valence-electron chi connectivity index (χ0n) is 14.8. The Balaban J connectivity index is 1.65. The molecule has 3 aromatic rings. The summed E-state index contributed by atoms with van der Waals surface area (Å²) in [7, 11) is 0. The largest absolute Gasteiger partial charge is 0.348 e. The van der Waals surface area contributed by atoms with Gasteiger partial charge in [0.1, 0.15) is 11.6 Å². The van der Waals surface area contributed by atoms with Gasteiger partial charge in [0.25, 0.3) is 5.91 Å². The van der Waals surface area contributed by atoms with E-state index in [0.29, 0.717) is 17.7 Å². The molecule has 136 valence electrons. The van der Waals surface area contributed by atoms with Crippen molar-refractivity contribution in [1.82, 2.24) is 5.32 Å². The Hall–Kier alpha value is -3.27. The molecule has 0 fully saturated rings. The van der Waals surface area contributed by atoms with Crippen LogP contribution in [-0.4, -0.2) is 11.7 Å². The molecule has 0 saturated heterocycles. The van der Waals surface area contributed by atoms with Gasteiger partial charge >= 0.3 is 0 Å². The number of carbonyl (C=O) groups is 2. The normalized spacial score (nSPS) is 10.4. The monoisotopic (exact) mass is 361 g/mol. The van der Waals surface area contributed by atoms with Gasteiger partial charge in [-0.05, 0) is 34.9 Å². The van der Waals surface area contributed by atoms with Gasteiger partial charge in [0.05, 0.1) is 0 Å². The summed E-state index contributed by atoms with van der Waals surface area (Å²) in [6, 6.07) is 22.6. The minimum Gasteiger partial charge on any atom is -0.348 e. The molecule has 3 nitrogen and oxygen atoms in total. The van der Waals surface area contributed by atoms with Crippen LogP contribution in [0.25, 0.3) is 0 Å². The maximum Gasteiger partial charge on any atom is 0.251 e. The zero-order valence-corrected chi connectivity index (χ0v) is 14.8. The zero-order chi connectivity index (χ0) is 19.1. The summed E-state index contributed by atoms with van der Waals surface area (Å²) in [5.41, 5.74) is 2.96. The quantitative estimate of drug-likeness (QED) is 0.688. The van der Waals surface area contributed by atoms with E-state index in [1.54, 1.807) is 30.3 Å². The van der Waals surface area contributed by atoms with Crippen molar-refractivity contribution in [2.75, 3.05) is 0 Å². The third-order valence-electron chi connectivity index (χ3n) is 4.26. The van der Waals surface area contributed by atoms with Crippen LogP contribution in [0.2, 0.25) is 0 Å². The van der Waals surface area contributed by atoms with Crippen molar-refractivity contribution in [2.45, 2.75) is 19.4 Å². The highest BCUT2D eigenvalue weighted by Gasteiger charge is 2.14. The first-order valence-electron chi connectivity index (χ1n) is 8.78. The van der Waals surface area contributed by atoms with Gasteiger partial charge in [-0.25, -0.2) is 4.39 Å². The molecule has 1 amide bonds. The molecule has 0 radical (unpaired) electrons. The van der Waals surface area contributed by atoms with Crippen LogP contribution in [0.15, 0.2) is 78.9 Å². The van der Waals surface area contributed by atoms with Crippen molar-refractivity contribution in [3.63, 3.8) is 0 Å². The van der Waals surface area contributed by atoms with Crippen molar-refractivity contribution in [2.24, 2.45) is 0 Å². The number of rotatable bonds is 7. The molecule has 4 heteroatoms. The molecule has 0 aliphatic carbocycles. The molecule has 0 saturated carbocycles. The first kappa shape index (κ1) is 18.5. The lowest BCUT2D eigenvalue weighted by atomic mass is 9.98. The Morgan fingerprint density at radius 3 is 2.15 bits per heavy atom. The molecular formula is C23H20FNO2. The molecule has 0 atom stereocenters. The summed E-state index contributed by atoms with van der Waals surface area (Å²) in [5.74, 6) is -0.555. The molecular weight excluding hydrogens is 341 g/mol. The van der Waals surface area contributed by atoms with Crippen molar-refractivity contribution < 1.29 is 14.0 Å². The van der Waals surface area contributed by atoms with E-state index < -0.39 is 0 Å². The van der Waals surface area contributed by atoms with Crippen LogP contribution in [0.5, 0.6) is 0 Å². The number of hydrogen-bond acceptors (Lipinski definition) is 2. The van der Waals surface area contributed by atoms with Crippen LogP contribution in [0, 0.1) is 5.82 Å². The van der Waals surface area contributed by atoms with Crippen LogP contribution in [0.4, 0.5) is 4.39 Å². The number of nitrogens with one attached hydrogen (secondary N) is 1. The Morgan fingerprint density at radius 1 is 0.741 bits per heavy atom. The van der Waals surface area contributed by atoms with Crippen molar-refractivity contribution in [1.29, 1.82) is 0 Å². The van der Waals surface area contributed by atoms with E-state index in [0.717, 1.165) is 11.1 Å². The van der Waals surface area contributed by atoms with Gasteiger partial charge in [-0.15, -0.1) is 0 Å². The fraction of sp³-hybridized carbons (Fsp3) is 0.130. The summed E-state index contributed by atoms with van der Waals surface area (Å²) < 4.78 is 13.0. The van der Waals surface area contributed by atoms with Crippen LogP contribution in [0.3, 0.4) is 0 Å². The summed E-state index contributed by atoms with van der Waals surface area (Å²) in [4.78, 5) is 24.9. The number of amides is 1. The molecule has 3 aromatic carbocycles. The van der Waals surface area contributed by atoms with Gasteiger partial charge in [0, 0.05) is 24.9 Å². The standard InChI is InChI=1S/C23H20FNO2/c24-20-12-10-17(11-13-20)14-21(26)15-19-8-4-5-9-22(19)23(27)25-16-18-6-2-1-3-7-18/h1-13H,14-16H2,(H,25,27). The Kier molecular flexibility index (Phi) is 6.10. The summed E-state index contributed by atoms with van der Waals surface area (Å²) in [6.07, 6.45) is 0.368. The smallest absolute Gasteiger partial charge is 0.251 e. The molecule has 0 aliphatic heterocycles. The molecule has 0 heterocycles. The molecule has 27 heavy (non-hydrogen) atoms. The Morgan fingerprint density at radius 2 is 1.41 bits per heavy atom. The number of hydrogen-bond donors (Lipinski definition) is 1. The first-order chi connectivity index (χ1) is 13.1. The van der Waals surface area contributed by atoms with Gasteiger partial charge in [-0.2, -0.15) is 0 Å². The van der Waals surface area contributed by atoms with Gasteiger partial charge in [-0.1, -0.05) is 60.7 Å². The third-order valence-corrected chi connectivity index (χ3v) is 4.26. The number of benzene rings is 3. The maximum absolute atomic E-state index is 13.0. The minimum atomic E-state index is -0.327. The van der Waals surface area contributed by atoms with Crippen LogP contribution >= 0.6 is 0 Å². The lowest BCUT2D eigenvalue weighted by Gasteiger charge is -2.10. The van der Waals surface area contributed by atoms with E-state index in [4.69, 9.17) is 0 Å². The Labute approximate surface area is 157 Å². The van der Waals surface area contributed by atoms with Gasteiger partial charge in [0.15, 0.2) is 0 Å². The van der Waals surface area contributed by atoms with Crippen LogP contribution < -0.4 is 5.32 Å². The van der Waals surface area contributed by atoms with Gasteiger partial charge in [0.2, 0.25) is 0 Å². The second-order valence-electron chi connectivity index (χ2n) is 6.34. The summed E-state index contributed by atoms with van der Waals surface area (Å²) in [5, 5.41) is 2.89. The predicted molar refractivity (Wildman–Crippen MR) is 103 cm³/mol. The number of Topliss-reactive ketones (excluding diaryl/α,β-unsaturated/α-hetero) is 1. The number of halogens is 1. The first-order valence-corrected chi connectivity index (χ1v) is 8.78. The highest BCUT2D eigenvalue weighted by Crippen LogP contribution is 2.13. The second kappa shape index (κ2) is 8.90. The van der Waals surface area contributed by atoms with E-state index in [1.807, 2.05) is 36.4 Å². The fourth-order valence-electron chi connectivity index (χ4n) is 2.87. The maximum atomic E-state index is 13.0. The van der Waals surface area contributed by atoms with E-state index >= 15 is 0 Å². The van der Waals surface area contributed by atoms with E-state index in [2.05, 4.69) is 5.32 Å². The van der Waals surface area contributed by atoms with E-state index in [1.165, 1.54) is 12.1 Å². The second-order valence-corrected chi connectivity index (χ2v) is 6.34. The SMILES string of the molecule is O=C(Cc1ccc(F)cc1)Cc1ccccc1C(=O)NCc1ccccc1. The molecule has 3 rings (SSSR count). The van der Waals surface area contributed by atoms with Gasteiger partial charge in [-0.3, -0.25) is 9.59 Å². The summed E-state index contributed by atoms with van der Waals surface area (Å²) in [6.45, 7) is 0.428. The lowest BCUT2D eigenvalue weighted by molar-refractivity contribution is -0.117. The molecule has 0 spiro atoms. The predicted octanol–water partition coefficient (Wildman–Crippen LogP) is 4.11. The average Bonchev–Trinajstić information content (AvgIpc) is 2.69. The molecule has 0 aromatic heterocycles. The molecule has 0 bridgehead atoms. The summed E-state index contributed by atoms with van der Waals surface area (Å²) >= 11 is 0. The third kappa shape index (κ3) is 5.35. The Bertz CT molecular complexity index is 921. The molecule has 1 N–H and O–H groups in total. The lowest BCUT2D eigenvalue weighted by Crippen LogP contribution is -2.24. The highest BCUT2D eigenvalue weighted by atomic mass is 19.1.